The van der Waals surface area contributed by atoms with Crippen LogP contribution in [0.2, 0.25) is 0 Å². The number of anilines is 1. The molecule has 1 aromatic rings. The fourth-order valence-corrected chi connectivity index (χ4v) is 2.73. The van der Waals surface area contributed by atoms with Crippen LogP contribution in [0.5, 0.6) is 0 Å². The van der Waals surface area contributed by atoms with Gasteiger partial charge in [-0.15, -0.1) is 0 Å². The van der Waals surface area contributed by atoms with E-state index in [0.29, 0.717) is 0 Å². The molecule has 2 heteroatoms. The molecular formula is C17H28N2. The van der Waals surface area contributed by atoms with Crippen molar-refractivity contribution in [3.05, 3.63) is 29.3 Å². The Labute approximate surface area is 118 Å². The predicted octanol–water partition coefficient (Wildman–Crippen LogP) is 3.38. The lowest BCUT2D eigenvalue weighted by Crippen LogP contribution is -2.28. The monoisotopic (exact) mass is 260 g/mol. The number of nitrogens with zero attached hydrogens (tertiary/aromatic N) is 1. The molecule has 1 heterocycles. The molecule has 1 unspecified atom stereocenters. The van der Waals surface area contributed by atoms with Crippen LogP contribution in [0, 0.1) is 25.7 Å². The number of benzene rings is 1. The summed E-state index contributed by atoms with van der Waals surface area (Å²) < 4.78 is 0. The lowest BCUT2D eigenvalue weighted by Gasteiger charge is -2.20. The fourth-order valence-electron chi connectivity index (χ4n) is 2.73. The number of aryl methyl sites for hydroxylation is 2. The SMILES string of the molecule is Cc1ccc(N2CCC(CNCC(C)C)C2)cc1C. The van der Waals surface area contributed by atoms with Crippen LogP contribution in [0.1, 0.15) is 31.4 Å². The third-order valence-corrected chi connectivity index (χ3v) is 4.13. The van der Waals surface area contributed by atoms with Crippen LogP contribution in [0.15, 0.2) is 18.2 Å². The van der Waals surface area contributed by atoms with Crippen LogP contribution in [0.25, 0.3) is 0 Å². The molecule has 19 heavy (non-hydrogen) atoms. The molecule has 1 aromatic carbocycles. The lowest BCUT2D eigenvalue weighted by atomic mass is 10.1. The first kappa shape index (κ1) is 14.4. The number of nitrogens with one attached hydrogen (secondary N) is 1. The fraction of sp³-hybridized carbons (Fsp3) is 0.647. The summed E-state index contributed by atoms with van der Waals surface area (Å²) in [7, 11) is 0. The van der Waals surface area contributed by atoms with Gasteiger partial charge in [0.1, 0.15) is 0 Å². The molecule has 0 aliphatic carbocycles. The Kier molecular flexibility index (Phi) is 4.87. The molecule has 0 aromatic heterocycles. The second kappa shape index (κ2) is 6.42. The maximum absolute atomic E-state index is 3.59. The van der Waals surface area contributed by atoms with Crippen molar-refractivity contribution < 1.29 is 0 Å². The van der Waals surface area contributed by atoms with E-state index in [1.54, 1.807) is 0 Å². The highest BCUT2D eigenvalue weighted by Crippen LogP contribution is 2.25. The molecule has 0 bridgehead atoms. The predicted molar refractivity (Wildman–Crippen MR) is 83.9 cm³/mol. The molecule has 0 radical (unpaired) electrons. The van der Waals surface area contributed by atoms with Gasteiger partial charge in [0.05, 0.1) is 0 Å². The van der Waals surface area contributed by atoms with Gasteiger partial charge < -0.3 is 10.2 Å². The van der Waals surface area contributed by atoms with Gasteiger partial charge >= 0.3 is 0 Å². The quantitative estimate of drug-likeness (QED) is 0.873. The van der Waals surface area contributed by atoms with Gasteiger partial charge in [-0.1, -0.05) is 19.9 Å². The molecule has 2 rings (SSSR count). The van der Waals surface area contributed by atoms with E-state index in [1.807, 2.05) is 0 Å². The molecular weight excluding hydrogens is 232 g/mol. The van der Waals surface area contributed by atoms with Crippen molar-refractivity contribution in [2.24, 2.45) is 11.8 Å². The number of hydrogen-bond donors (Lipinski definition) is 1. The topological polar surface area (TPSA) is 15.3 Å². The van der Waals surface area contributed by atoms with Crippen molar-refractivity contribution in [2.75, 3.05) is 31.1 Å². The Hall–Kier alpha value is -1.02. The Balaban J connectivity index is 1.85. The molecule has 1 aliphatic rings. The molecule has 2 nitrogen and oxygen atoms in total. The third-order valence-electron chi connectivity index (χ3n) is 4.13. The van der Waals surface area contributed by atoms with Gasteiger partial charge in [0.25, 0.3) is 0 Å². The smallest absolute Gasteiger partial charge is 0.0369 e. The van der Waals surface area contributed by atoms with E-state index in [2.05, 4.69) is 56.1 Å². The second-order valence-electron chi connectivity index (χ2n) is 6.42. The first-order chi connectivity index (χ1) is 9.06. The van der Waals surface area contributed by atoms with Crippen molar-refractivity contribution in [3.8, 4) is 0 Å². The van der Waals surface area contributed by atoms with E-state index < -0.39 is 0 Å². The van der Waals surface area contributed by atoms with E-state index >= 15 is 0 Å². The molecule has 1 saturated heterocycles. The van der Waals surface area contributed by atoms with Crippen LogP contribution in [-0.4, -0.2) is 26.2 Å². The summed E-state index contributed by atoms with van der Waals surface area (Å²) >= 11 is 0. The van der Waals surface area contributed by atoms with E-state index in [-0.39, 0.29) is 0 Å². The maximum atomic E-state index is 3.59. The maximum Gasteiger partial charge on any atom is 0.0369 e. The molecule has 106 valence electrons. The van der Waals surface area contributed by atoms with E-state index in [9.17, 15) is 0 Å². The first-order valence-electron chi connectivity index (χ1n) is 7.59. The molecule has 1 aliphatic heterocycles. The van der Waals surface area contributed by atoms with Crippen molar-refractivity contribution >= 4 is 5.69 Å². The van der Waals surface area contributed by atoms with Gasteiger partial charge in [-0.05, 0) is 68.5 Å². The third kappa shape index (κ3) is 3.97. The average molecular weight is 260 g/mol. The van der Waals surface area contributed by atoms with Crippen LogP contribution < -0.4 is 10.2 Å². The van der Waals surface area contributed by atoms with Crippen molar-refractivity contribution in [2.45, 2.75) is 34.1 Å². The summed E-state index contributed by atoms with van der Waals surface area (Å²) in [5, 5.41) is 3.59. The highest BCUT2D eigenvalue weighted by atomic mass is 15.2. The summed E-state index contributed by atoms with van der Waals surface area (Å²) in [4.78, 5) is 2.54. The zero-order valence-electron chi connectivity index (χ0n) is 12.9. The van der Waals surface area contributed by atoms with Crippen LogP contribution in [-0.2, 0) is 0 Å². The molecule has 0 saturated carbocycles. The Bertz CT molecular complexity index is 412. The summed E-state index contributed by atoms with van der Waals surface area (Å²) in [6, 6.07) is 6.85. The Morgan fingerprint density at radius 2 is 2.05 bits per heavy atom. The Morgan fingerprint density at radius 3 is 2.74 bits per heavy atom. The molecule has 1 N–H and O–H groups in total. The van der Waals surface area contributed by atoms with E-state index in [1.165, 1.54) is 42.9 Å². The molecule has 1 atom stereocenters. The summed E-state index contributed by atoms with van der Waals surface area (Å²) in [5.41, 5.74) is 4.19. The minimum absolute atomic E-state index is 0.747. The van der Waals surface area contributed by atoms with Crippen molar-refractivity contribution in [3.63, 3.8) is 0 Å². The molecule has 0 spiro atoms. The second-order valence-corrected chi connectivity index (χ2v) is 6.42. The minimum atomic E-state index is 0.747. The molecule has 0 amide bonds. The van der Waals surface area contributed by atoms with Gasteiger partial charge in [-0.3, -0.25) is 0 Å². The minimum Gasteiger partial charge on any atom is -0.371 e. The Morgan fingerprint density at radius 1 is 1.26 bits per heavy atom. The van der Waals surface area contributed by atoms with Crippen molar-refractivity contribution in [1.82, 2.24) is 5.32 Å². The van der Waals surface area contributed by atoms with Gasteiger partial charge in [0.15, 0.2) is 0 Å². The van der Waals surface area contributed by atoms with Gasteiger partial charge in [0.2, 0.25) is 0 Å². The normalized spacial score (nSPS) is 19.4. The number of rotatable bonds is 5. The van der Waals surface area contributed by atoms with Crippen LogP contribution in [0.4, 0.5) is 5.69 Å². The van der Waals surface area contributed by atoms with Gasteiger partial charge in [-0.2, -0.15) is 0 Å². The van der Waals surface area contributed by atoms with Gasteiger partial charge in [0, 0.05) is 18.8 Å². The van der Waals surface area contributed by atoms with Gasteiger partial charge in [-0.25, -0.2) is 0 Å². The zero-order valence-corrected chi connectivity index (χ0v) is 12.9. The average Bonchev–Trinajstić information content (AvgIpc) is 2.81. The standard InChI is InChI=1S/C17H28N2/c1-13(2)10-18-11-16-7-8-19(12-16)17-6-5-14(3)15(4)9-17/h5-6,9,13,16,18H,7-8,10-12H2,1-4H3. The highest BCUT2D eigenvalue weighted by Gasteiger charge is 2.22. The van der Waals surface area contributed by atoms with Crippen LogP contribution in [0.3, 0.4) is 0 Å². The number of hydrogen-bond acceptors (Lipinski definition) is 2. The van der Waals surface area contributed by atoms with Crippen molar-refractivity contribution in [1.29, 1.82) is 0 Å². The zero-order chi connectivity index (χ0) is 13.8. The lowest BCUT2D eigenvalue weighted by molar-refractivity contribution is 0.477. The van der Waals surface area contributed by atoms with Crippen LogP contribution >= 0.6 is 0 Å². The summed E-state index contributed by atoms with van der Waals surface area (Å²) in [5.74, 6) is 1.55. The van der Waals surface area contributed by atoms with E-state index in [4.69, 9.17) is 0 Å². The molecule has 1 fully saturated rings. The highest BCUT2D eigenvalue weighted by molar-refractivity contribution is 5.51. The largest absolute Gasteiger partial charge is 0.371 e. The van der Waals surface area contributed by atoms with E-state index in [0.717, 1.165) is 18.4 Å². The first-order valence-corrected chi connectivity index (χ1v) is 7.59. The summed E-state index contributed by atoms with van der Waals surface area (Å²) in [6.45, 7) is 13.6. The summed E-state index contributed by atoms with van der Waals surface area (Å²) in [6.07, 6.45) is 1.32.